The Hall–Kier alpha value is -1.71. The minimum absolute atomic E-state index is 0.107. The fraction of sp³-hybridized carbons (Fsp3) is 0.462. The summed E-state index contributed by atoms with van der Waals surface area (Å²) in [5.74, 6) is -0.795. The lowest BCUT2D eigenvalue weighted by molar-refractivity contribution is -0.124. The summed E-state index contributed by atoms with van der Waals surface area (Å²) in [6, 6.07) is 6.16. The third kappa shape index (κ3) is 4.66. The van der Waals surface area contributed by atoms with E-state index in [0.29, 0.717) is 0 Å². The Morgan fingerprint density at radius 2 is 1.67 bits per heavy atom. The Kier molecular flexibility index (Phi) is 6.53. The number of anilines is 1. The molecule has 0 radical (unpaired) electrons. The zero-order valence-corrected chi connectivity index (χ0v) is 11.2. The molecule has 0 amide bonds. The van der Waals surface area contributed by atoms with Crippen LogP contribution in [0.4, 0.5) is 5.69 Å². The number of carbonyl (C=O) groups is 1. The summed E-state index contributed by atoms with van der Waals surface area (Å²) in [7, 11) is 0. The number of carbonyl (C=O) groups excluding carboxylic acids is 1. The van der Waals surface area contributed by atoms with Crippen molar-refractivity contribution >= 4 is 11.7 Å². The summed E-state index contributed by atoms with van der Waals surface area (Å²) in [5, 5.41) is 46.3. The highest BCUT2D eigenvalue weighted by Crippen LogP contribution is 2.13. The molecule has 8 nitrogen and oxygen atoms in total. The highest BCUT2D eigenvalue weighted by molar-refractivity contribution is 5.94. The standard InChI is InChI=1S/C13H19NO7/c14-8-4-2-1-3-7(8)13(20)21-6-10(17)12(19)11(18)9(16)5-15/h1-4,9-12,15-19H,5-6,14H2/t9-,10-,11-,12+/m1/s1. The molecular weight excluding hydrogens is 282 g/mol. The molecule has 1 rings (SSSR count). The highest BCUT2D eigenvalue weighted by Gasteiger charge is 2.30. The van der Waals surface area contributed by atoms with Crippen LogP contribution >= 0.6 is 0 Å². The van der Waals surface area contributed by atoms with E-state index < -0.39 is 43.6 Å². The monoisotopic (exact) mass is 301 g/mol. The normalized spacial score (nSPS) is 16.8. The predicted octanol–water partition coefficient (Wildman–Crippen LogP) is -2.14. The largest absolute Gasteiger partial charge is 0.459 e. The number of para-hydroxylation sites is 1. The Morgan fingerprint density at radius 1 is 1.10 bits per heavy atom. The maximum absolute atomic E-state index is 11.7. The molecular formula is C13H19NO7. The molecule has 1 aromatic carbocycles. The maximum Gasteiger partial charge on any atom is 0.340 e. The van der Waals surface area contributed by atoms with Crippen LogP contribution in [0.5, 0.6) is 0 Å². The molecule has 0 saturated heterocycles. The molecule has 0 spiro atoms. The van der Waals surface area contributed by atoms with Crippen LogP contribution in [0.3, 0.4) is 0 Å². The van der Waals surface area contributed by atoms with E-state index in [-0.39, 0.29) is 11.3 Å². The second-order valence-corrected chi connectivity index (χ2v) is 4.48. The Morgan fingerprint density at radius 3 is 2.24 bits per heavy atom. The van der Waals surface area contributed by atoms with Crippen LogP contribution in [-0.4, -0.2) is 69.1 Å². The van der Waals surface area contributed by atoms with Crippen molar-refractivity contribution in [2.75, 3.05) is 18.9 Å². The summed E-state index contributed by atoms with van der Waals surface area (Å²) >= 11 is 0. The maximum atomic E-state index is 11.7. The molecule has 8 heteroatoms. The van der Waals surface area contributed by atoms with Crippen molar-refractivity contribution in [3.8, 4) is 0 Å². The first-order valence-corrected chi connectivity index (χ1v) is 6.23. The quantitative estimate of drug-likeness (QED) is 0.246. The van der Waals surface area contributed by atoms with Gasteiger partial charge in [0, 0.05) is 5.69 Å². The molecule has 0 aliphatic carbocycles. The Balaban J connectivity index is 2.55. The topological polar surface area (TPSA) is 153 Å². The van der Waals surface area contributed by atoms with Gasteiger partial charge in [0.05, 0.1) is 12.2 Å². The van der Waals surface area contributed by atoms with Gasteiger partial charge in [-0.15, -0.1) is 0 Å². The van der Waals surface area contributed by atoms with Crippen LogP contribution in [0, 0.1) is 0 Å². The SMILES string of the molecule is Nc1ccccc1C(=O)OC[C@@H](O)[C@H](O)[C@H](O)[C@H](O)CO. The van der Waals surface area contributed by atoms with E-state index in [4.69, 9.17) is 20.7 Å². The van der Waals surface area contributed by atoms with Gasteiger partial charge >= 0.3 is 5.97 Å². The summed E-state index contributed by atoms with van der Waals surface area (Å²) in [6.45, 7) is -1.39. The lowest BCUT2D eigenvalue weighted by Crippen LogP contribution is -2.47. The molecule has 0 aliphatic heterocycles. The van der Waals surface area contributed by atoms with Gasteiger partial charge < -0.3 is 36.0 Å². The molecule has 0 unspecified atom stereocenters. The van der Waals surface area contributed by atoms with Gasteiger partial charge in [-0.25, -0.2) is 4.79 Å². The minimum atomic E-state index is -1.78. The van der Waals surface area contributed by atoms with Gasteiger partial charge in [-0.05, 0) is 12.1 Å². The first-order chi connectivity index (χ1) is 9.88. The molecule has 21 heavy (non-hydrogen) atoms. The number of aliphatic hydroxyl groups excluding tert-OH is 5. The van der Waals surface area contributed by atoms with Gasteiger partial charge in [-0.3, -0.25) is 0 Å². The van der Waals surface area contributed by atoms with E-state index in [0.717, 1.165) is 0 Å². The van der Waals surface area contributed by atoms with Crippen molar-refractivity contribution in [3.05, 3.63) is 29.8 Å². The lowest BCUT2D eigenvalue weighted by Gasteiger charge is -2.25. The number of nitrogens with two attached hydrogens (primary N) is 1. The Labute approximate surface area is 121 Å². The van der Waals surface area contributed by atoms with Crippen molar-refractivity contribution in [2.45, 2.75) is 24.4 Å². The number of hydrogen-bond acceptors (Lipinski definition) is 8. The van der Waals surface area contributed by atoms with E-state index in [1.807, 2.05) is 0 Å². The fourth-order valence-corrected chi connectivity index (χ4v) is 1.58. The highest BCUT2D eigenvalue weighted by atomic mass is 16.5. The first-order valence-electron chi connectivity index (χ1n) is 6.23. The summed E-state index contributed by atoms with van der Waals surface area (Å²) in [5.41, 5.74) is 5.89. The minimum Gasteiger partial charge on any atom is -0.459 e. The first kappa shape index (κ1) is 17.3. The lowest BCUT2D eigenvalue weighted by atomic mass is 10.0. The van der Waals surface area contributed by atoms with E-state index in [2.05, 4.69) is 0 Å². The zero-order valence-electron chi connectivity index (χ0n) is 11.2. The van der Waals surface area contributed by atoms with Crippen LogP contribution in [0.15, 0.2) is 24.3 Å². The van der Waals surface area contributed by atoms with Gasteiger partial charge in [-0.2, -0.15) is 0 Å². The van der Waals surface area contributed by atoms with Crippen LogP contribution < -0.4 is 5.73 Å². The second-order valence-electron chi connectivity index (χ2n) is 4.48. The number of benzene rings is 1. The summed E-state index contributed by atoms with van der Waals surface area (Å²) in [6.07, 6.45) is -6.80. The molecule has 0 heterocycles. The molecule has 0 aliphatic rings. The van der Waals surface area contributed by atoms with Crippen LogP contribution in [0.25, 0.3) is 0 Å². The van der Waals surface area contributed by atoms with Gasteiger partial charge in [0.25, 0.3) is 0 Å². The van der Waals surface area contributed by atoms with Crippen molar-refractivity contribution in [1.29, 1.82) is 0 Å². The second kappa shape index (κ2) is 7.91. The number of hydrogen-bond donors (Lipinski definition) is 6. The van der Waals surface area contributed by atoms with Gasteiger partial charge in [-0.1, -0.05) is 12.1 Å². The number of ether oxygens (including phenoxy) is 1. The molecule has 1 aromatic rings. The van der Waals surface area contributed by atoms with Gasteiger partial charge in [0.2, 0.25) is 0 Å². The van der Waals surface area contributed by atoms with Crippen LogP contribution in [0.1, 0.15) is 10.4 Å². The van der Waals surface area contributed by atoms with Gasteiger partial charge in [0.1, 0.15) is 31.0 Å². The molecule has 0 fully saturated rings. The molecule has 118 valence electrons. The Bertz CT molecular complexity index is 468. The molecule has 7 N–H and O–H groups in total. The summed E-state index contributed by atoms with van der Waals surface area (Å²) < 4.78 is 4.77. The van der Waals surface area contributed by atoms with E-state index in [9.17, 15) is 20.1 Å². The molecule has 0 aromatic heterocycles. The van der Waals surface area contributed by atoms with E-state index >= 15 is 0 Å². The smallest absolute Gasteiger partial charge is 0.340 e. The number of esters is 1. The van der Waals surface area contributed by atoms with Crippen molar-refractivity contribution < 1.29 is 35.1 Å². The van der Waals surface area contributed by atoms with Crippen LogP contribution in [-0.2, 0) is 4.74 Å². The molecule has 0 bridgehead atoms. The van der Waals surface area contributed by atoms with Crippen LogP contribution in [0.2, 0.25) is 0 Å². The average molecular weight is 301 g/mol. The average Bonchev–Trinajstić information content (AvgIpc) is 2.50. The summed E-state index contributed by atoms with van der Waals surface area (Å²) in [4.78, 5) is 11.7. The van der Waals surface area contributed by atoms with Crippen molar-refractivity contribution in [3.63, 3.8) is 0 Å². The molecule has 4 atom stereocenters. The number of nitrogen functional groups attached to an aromatic ring is 1. The van der Waals surface area contributed by atoms with Crippen molar-refractivity contribution in [2.24, 2.45) is 0 Å². The van der Waals surface area contributed by atoms with Crippen molar-refractivity contribution in [1.82, 2.24) is 0 Å². The zero-order chi connectivity index (χ0) is 16.0. The number of aliphatic hydroxyl groups is 5. The molecule has 0 saturated carbocycles. The van der Waals surface area contributed by atoms with E-state index in [1.165, 1.54) is 12.1 Å². The predicted molar refractivity (Wildman–Crippen MR) is 72.2 cm³/mol. The third-order valence-electron chi connectivity index (χ3n) is 2.89. The third-order valence-corrected chi connectivity index (χ3v) is 2.89. The fourth-order valence-electron chi connectivity index (χ4n) is 1.58. The van der Waals surface area contributed by atoms with Gasteiger partial charge in [0.15, 0.2) is 0 Å². The van der Waals surface area contributed by atoms with E-state index in [1.54, 1.807) is 12.1 Å². The number of rotatable bonds is 7.